The number of aromatic nitrogens is 4. The van der Waals surface area contributed by atoms with Gasteiger partial charge in [0.2, 0.25) is 0 Å². The summed E-state index contributed by atoms with van der Waals surface area (Å²) in [6.45, 7) is 4.25. The molecule has 0 spiro atoms. The Labute approximate surface area is 155 Å². The number of tetrazole rings is 1. The van der Waals surface area contributed by atoms with Crippen molar-refractivity contribution in [1.82, 2.24) is 25.5 Å². The number of benzene rings is 2. The van der Waals surface area contributed by atoms with Crippen molar-refractivity contribution in [3.8, 4) is 5.69 Å². The lowest BCUT2D eigenvalue weighted by Gasteiger charge is -2.10. The van der Waals surface area contributed by atoms with Gasteiger partial charge in [0.25, 0.3) is 5.91 Å². The summed E-state index contributed by atoms with van der Waals surface area (Å²) in [4.78, 5) is 24.2. The number of rotatable bonds is 5. The maximum atomic E-state index is 12.5. The molecule has 3 rings (SSSR count). The third-order valence-corrected chi connectivity index (χ3v) is 3.77. The molecule has 3 amide bonds. The van der Waals surface area contributed by atoms with Gasteiger partial charge in [0.1, 0.15) is 6.33 Å². The van der Waals surface area contributed by atoms with Crippen molar-refractivity contribution < 1.29 is 9.59 Å². The van der Waals surface area contributed by atoms with Gasteiger partial charge in [0, 0.05) is 23.5 Å². The number of carbonyl (C=O) groups is 2. The Morgan fingerprint density at radius 1 is 1.07 bits per heavy atom. The summed E-state index contributed by atoms with van der Waals surface area (Å²) in [5.41, 5.74) is 3.33. The Kier molecular flexibility index (Phi) is 5.41. The molecule has 3 N–H and O–H groups in total. The van der Waals surface area contributed by atoms with Crippen LogP contribution in [0.4, 0.5) is 16.2 Å². The van der Waals surface area contributed by atoms with Crippen LogP contribution in [0.3, 0.4) is 0 Å². The topological polar surface area (TPSA) is 114 Å². The van der Waals surface area contributed by atoms with E-state index in [9.17, 15) is 9.59 Å². The van der Waals surface area contributed by atoms with Crippen LogP contribution in [0.5, 0.6) is 0 Å². The van der Waals surface area contributed by atoms with Gasteiger partial charge in [-0.3, -0.25) is 4.79 Å². The fraction of sp³-hybridized carbons (Fsp3) is 0.167. The molecule has 9 heteroatoms. The summed E-state index contributed by atoms with van der Waals surface area (Å²) in [7, 11) is 0. The highest BCUT2D eigenvalue weighted by atomic mass is 16.2. The number of aryl methyl sites for hydroxylation is 1. The van der Waals surface area contributed by atoms with Crippen LogP contribution in [-0.4, -0.2) is 38.7 Å². The van der Waals surface area contributed by atoms with Crippen LogP contribution in [0, 0.1) is 6.92 Å². The number of nitrogens with one attached hydrogen (secondary N) is 3. The van der Waals surface area contributed by atoms with E-state index in [0.717, 1.165) is 11.3 Å². The highest BCUT2D eigenvalue weighted by molar-refractivity contribution is 6.05. The van der Waals surface area contributed by atoms with Gasteiger partial charge in [0.05, 0.1) is 5.69 Å². The molecule has 0 fully saturated rings. The molecular weight excluding hydrogens is 346 g/mol. The number of urea groups is 1. The van der Waals surface area contributed by atoms with E-state index in [4.69, 9.17) is 0 Å². The zero-order valence-electron chi connectivity index (χ0n) is 14.9. The van der Waals surface area contributed by atoms with Crippen molar-refractivity contribution in [1.29, 1.82) is 0 Å². The maximum absolute atomic E-state index is 12.5. The third kappa shape index (κ3) is 4.46. The van der Waals surface area contributed by atoms with Crippen LogP contribution >= 0.6 is 0 Å². The van der Waals surface area contributed by atoms with Crippen molar-refractivity contribution >= 4 is 23.3 Å². The van der Waals surface area contributed by atoms with Gasteiger partial charge >= 0.3 is 6.03 Å². The largest absolute Gasteiger partial charge is 0.338 e. The molecule has 9 nitrogen and oxygen atoms in total. The first-order chi connectivity index (χ1) is 13.1. The number of amides is 3. The van der Waals surface area contributed by atoms with Gasteiger partial charge in [-0.2, -0.15) is 0 Å². The van der Waals surface area contributed by atoms with Gasteiger partial charge in [-0.05, 0) is 66.2 Å². The standard InChI is InChI=1S/C18H19N7O2/c1-3-19-18(27)22-15-6-4-5-14(10-15)21-17(26)13-7-8-16(12(2)9-13)25-11-20-23-24-25/h4-11H,3H2,1-2H3,(H,21,26)(H2,19,22,27). The van der Waals surface area contributed by atoms with Gasteiger partial charge in [-0.1, -0.05) is 6.07 Å². The molecule has 138 valence electrons. The molecule has 0 saturated heterocycles. The molecule has 2 aromatic carbocycles. The fourth-order valence-electron chi connectivity index (χ4n) is 2.54. The van der Waals surface area contributed by atoms with Crippen molar-refractivity contribution in [2.45, 2.75) is 13.8 Å². The summed E-state index contributed by atoms with van der Waals surface area (Å²) in [6.07, 6.45) is 1.50. The van der Waals surface area contributed by atoms with Crippen LogP contribution in [0.2, 0.25) is 0 Å². The Hall–Kier alpha value is -3.75. The van der Waals surface area contributed by atoms with E-state index in [1.165, 1.54) is 11.0 Å². The normalized spacial score (nSPS) is 10.3. The molecule has 1 aromatic heterocycles. The Balaban J connectivity index is 1.72. The van der Waals surface area contributed by atoms with Crippen molar-refractivity contribution in [2.75, 3.05) is 17.2 Å². The Morgan fingerprint density at radius 2 is 1.85 bits per heavy atom. The molecule has 0 unspecified atom stereocenters. The van der Waals surface area contributed by atoms with E-state index in [0.29, 0.717) is 23.5 Å². The van der Waals surface area contributed by atoms with Crippen molar-refractivity contribution in [3.63, 3.8) is 0 Å². The Morgan fingerprint density at radius 3 is 2.52 bits per heavy atom. The summed E-state index contributed by atoms with van der Waals surface area (Å²) in [5, 5.41) is 19.3. The van der Waals surface area contributed by atoms with Gasteiger partial charge in [-0.25, -0.2) is 9.48 Å². The quantitative estimate of drug-likeness (QED) is 0.642. The minimum atomic E-state index is -0.296. The predicted octanol–water partition coefficient (Wildman–Crippen LogP) is 2.36. The molecular formula is C18H19N7O2. The second-order valence-electron chi connectivity index (χ2n) is 5.78. The van der Waals surface area contributed by atoms with E-state index in [1.54, 1.807) is 42.5 Å². The number of anilines is 2. The van der Waals surface area contributed by atoms with E-state index in [-0.39, 0.29) is 11.9 Å². The van der Waals surface area contributed by atoms with Crippen LogP contribution in [0.1, 0.15) is 22.8 Å². The Bertz CT molecular complexity index is 954. The lowest BCUT2D eigenvalue weighted by molar-refractivity contribution is 0.102. The zero-order chi connectivity index (χ0) is 19.2. The van der Waals surface area contributed by atoms with E-state index >= 15 is 0 Å². The lowest BCUT2D eigenvalue weighted by atomic mass is 10.1. The maximum Gasteiger partial charge on any atom is 0.319 e. The van der Waals surface area contributed by atoms with Crippen LogP contribution in [0.15, 0.2) is 48.8 Å². The summed E-state index contributed by atoms with van der Waals surface area (Å²) in [6, 6.07) is 11.9. The highest BCUT2D eigenvalue weighted by Gasteiger charge is 2.10. The fourth-order valence-corrected chi connectivity index (χ4v) is 2.54. The molecule has 27 heavy (non-hydrogen) atoms. The summed E-state index contributed by atoms with van der Waals surface area (Å²) >= 11 is 0. The number of hydrogen-bond donors (Lipinski definition) is 3. The first kappa shape index (κ1) is 18.1. The SMILES string of the molecule is CCNC(=O)Nc1cccc(NC(=O)c2ccc(-n3cnnn3)c(C)c2)c1. The van der Waals surface area contributed by atoms with E-state index < -0.39 is 0 Å². The smallest absolute Gasteiger partial charge is 0.319 e. The van der Waals surface area contributed by atoms with Crippen molar-refractivity contribution in [2.24, 2.45) is 0 Å². The molecule has 0 aliphatic carbocycles. The predicted molar refractivity (Wildman–Crippen MR) is 101 cm³/mol. The van der Waals surface area contributed by atoms with Crippen LogP contribution in [-0.2, 0) is 0 Å². The minimum Gasteiger partial charge on any atom is -0.338 e. The minimum absolute atomic E-state index is 0.253. The van der Waals surface area contributed by atoms with E-state index in [2.05, 4.69) is 31.5 Å². The lowest BCUT2D eigenvalue weighted by Crippen LogP contribution is -2.28. The van der Waals surface area contributed by atoms with E-state index in [1.807, 2.05) is 13.8 Å². The average Bonchev–Trinajstić information content (AvgIpc) is 3.16. The molecule has 0 aliphatic heterocycles. The van der Waals surface area contributed by atoms with Crippen molar-refractivity contribution in [3.05, 3.63) is 59.9 Å². The number of nitrogens with zero attached hydrogens (tertiary/aromatic N) is 4. The first-order valence-corrected chi connectivity index (χ1v) is 8.37. The molecule has 0 bridgehead atoms. The third-order valence-electron chi connectivity index (χ3n) is 3.77. The summed E-state index contributed by atoms with van der Waals surface area (Å²) in [5.74, 6) is -0.253. The summed E-state index contributed by atoms with van der Waals surface area (Å²) < 4.78 is 1.54. The van der Waals surface area contributed by atoms with Gasteiger partial charge in [-0.15, -0.1) is 5.10 Å². The number of hydrogen-bond acceptors (Lipinski definition) is 5. The van der Waals surface area contributed by atoms with Crippen LogP contribution < -0.4 is 16.0 Å². The van der Waals surface area contributed by atoms with Gasteiger partial charge < -0.3 is 16.0 Å². The molecule has 0 aliphatic rings. The molecule has 0 atom stereocenters. The monoisotopic (exact) mass is 365 g/mol. The molecule has 1 heterocycles. The molecule has 0 radical (unpaired) electrons. The average molecular weight is 365 g/mol. The second-order valence-corrected chi connectivity index (χ2v) is 5.78. The van der Waals surface area contributed by atoms with Gasteiger partial charge in [0.15, 0.2) is 0 Å². The number of carbonyl (C=O) groups excluding carboxylic acids is 2. The van der Waals surface area contributed by atoms with Crippen LogP contribution in [0.25, 0.3) is 5.69 Å². The molecule has 0 saturated carbocycles. The zero-order valence-corrected chi connectivity index (χ0v) is 14.9. The molecule has 3 aromatic rings. The highest BCUT2D eigenvalue weighted by Crippen LogP contribution is 2.18. The first-order valence-electron chi connectivity index (χ1n) is 8.37. The second kappa shape index (κ2) is 8.09.